The molecule has 10 heteroatoms. The molecule has 3 N–H and O–H groups in total. The Morgan fingerprint density at radius 1 is 1.43 bits per heavy atom. The number of nitrogens with two attached hydrogens (primary N) is 1. The summed E-state index contributed by atoms with van der Waals surface area (Å²) in [5.74, 6) is -0.564. The predicted molar refractivity (Wildman–Crippen MR) is 79.8 cm³/mol. The van der Waals surface area contributed by atoms with Crippen LogP contribution in [0.3, 0.4) is 0 Å². The van der Waals surface area contributed by atoms with E-state index in [4.69, 9.17) is 17.3 Å². The highest BCUT2D eigenvalue weighted by Crippen LogP contribution is 2.25. The maximum atomic E-state index is 12.3. The van der Waals surface area contributed by atoms with Crippen LogP contribution in [0.4, 0.5) is 5.13 Å². The van der Waals surface area contributed by atoms with Crippen LogP contribution >= 0.6 is 22.9 Å². The van der Waals surface area contributed by atoms with E-state index in [1.807, 2.05) is 0 Å². The van der Waals surface area contributed by atoms with Crippen molar-refractivity contribution in [2.45, 2.75) is 18.2 Å². The van der Waals surface area contributed by atoms with Crippen molar-refractivity contribution in [3.8, 4) is 0 Å². The molecule has 1 aromatic carbocycles. The molecule has 0 radical (unpaired) electrons. The number of hydrogen-bond donors (Lipinski definition) is 2. The van der Waals surface area contributed by atoms with Crippen molar-refractivity contribution in [3.63, 3.8) is 0 Å². The number of halogens is 1. The molecule has 0 aliphatic heterocycles. The summed E-state index contributed by atoms with van der Waals surface area (Å²) in [5.41, 5.74) is 5.47. The highest BCUT2D eigenvalue weighted by Gasteiger charge is 2.20. The Balaban J connectivity index is 2.27. The Morgan fingerprint density at radius 3 is 2.81 bits per heavy atom. The number of hydrogen-bond acceptors (Lipinski definition) is 6. The van der Waals surface area contributed by atoms with Gasteiger partial charge in [0, 0.05) is 5.02 Å². The zero-order valence-electron chi connectivity index (χ0n) is 10.8. The summed E-state index contributed by atoms with van der Waals surface area (Å²) in [6.45, 7) is 1.61. The molecule has 7 nitrogen and oxygen atoms in total. The molecule has 0 fully saturated rings. The van der Waals surface area contributed by atoms with Crippen molar-refractivity contribution in [3.05, 3.63) is 33.8 Å². The van der Waals surface area contributed by atoms with Gasteiger partial charge in [-0.05, 0) is 24.6 Å². The van der Waals surface area contributed by atoms with Crippen molar-refractivity contribution >= 4 is 44.0 Å². The fourth-order valence-corrected chi connectivity index (χ4v) is 4.04. The van der Waals surface area contributed by atoms with Crippen molar-refractivity contribution in [2.24, 2.45) is 5.73 Å². The quantitative estimate of drug-likeness (QED) is 0.847. The zero-order valence-corrected chi connectivity index (χ0v) is 13.2. The molecule has 0 atom stereocenters. The molecule has 0 unspecified atom stereocenters. The molecular weight excluding hydrogens is 336 g/mol. The van der Waals surface area contributed by atoms with Gasteiger partial charge in [0.25, 0.3) is 10.0 Å². The molecule has 0 aliphatic carbocycles. The fourth-order valence-electron chi connectivity index (χ4n) is 1.56. The second-order valence-corrected chi connectivity index (χ2v) is 7.23. The summed E-state index contributed by atoms with van der Waals surface area (Å²) < 4.78 is 26.9. The molecule has 21 heavy (non-hydrogen) atoms. The Kier molecular flexibility index (Phi) is 4.45. The summed E-state index contributed by atoms with van der Waals surface area (Å²) in [6.07, 6.45) is -0.0877. The molecule has 1 amide bonds. The average molecular weight is 347 g/mol. The first-order chi connectivity index (χ1) is 9.79. The van der Waals surface area contributed by atoms with Crippen LogP contribution in [0, 0.1) is 6.92 Å². The lowest BCUT2D eigenvalue weighted by Gasteiger charge is -2.08. The number of rotatable bonds is 5. The van der Waals surface area contributed by atoms with Gasteiger partial charge in [-0.3, -0.25) is 9.52 Å². The van der Waals surface area contributed by atoms with Crippen molar-refractivity contribution in [2.75, 3.05) is 4.72 Å². The van der Waals surface area contributed by atoms with Crippen molar-refractivity contribution < 1.29 is 13.2 Å². The van der Waals surface area contributed by atoms with Crippen LogP contribution in [-0.4, -0.2) is 24.5 Å². The van der Waals surface area contributed by atoms with Gasteiger partial charge in [0.1, 0.15) is 5.01 Å². The second kappa shape index (κ2) is 5.96. The molecule has 1 aromatic heterocycles. The van der Waals surface area contributed by atoms with Crippen molar-refractivity contribution in [1.29, 1.82) is 0 Å². The van der Waals surface area contributed by atoms with Gasteiger partial charge in [-0.2, -0.15) is 0 Å². The van der Waals surface area contributed by atoms with Gasteiger partial charge < -0.3 is 5.73 Å². The number of aromatic nitrogens is 2. The van der Waals surface area contributed by atoms with E-state index in [2.05, 4.69) is 14.9 Å². The molecule has 0 saturated heterocycles. The Labute approximate surface area is 130 Å². The van der Waals surface area contributed by atoms with Crippen LogP contribution in [0.15, 0.2) is 23.1 Å². The summed E-state index contributed by atoms with van der Waals surface area (Å²) in [4.78, 5) is 10.8. The SMILES string of the molecule is Cc1c(Cl)cccc1S(=O)(=O)Nc1nnc(CC(N)=O)s1. The Hall–Kier alpha value is -1.71. The molecule has 0 bridgehead atoms. The van der Waals surface area contributed by atoms with Gasteiger partial charge in [0.05, 0.1) is 11.3 Å². The summed E-state index contributed by atoms with van der Waals surface area (Å²) in [5, 5.41) is 8.11. The van der Waals surface area contributed by atoms with Crippen LogP contribution in [0.25, 0.3) is 0 Å². The minimum absolute atomic E-state index is 0.0571. The standard InChI is InChI=1S/C11H11ClN4O3S2/c1-6-7(12)3-2-4-8(6)21(18,19)16-11-15-14-10(20-11)5-9(13)17/h2-4H,5H2,1H3,(H2,13,17)(H,15,16). The first-order valence-electron chi connectivity index (χ1n) is 5.68. The largest absolute Gasteiger partial charge is 0.369 e. The monoisotopic (exact) mass is 346 g/mol. The first-order valence-corrected chi connectivity index (χ1v) is 8.36. The minimum Gasteiger partial charge on any atom is -0.369 e. The van der Waals surface area contributed by atoms with Gasteiger partial charge in [-0.1, -0.05) is 29.0 Å². The zero-order chi connectivity index (χ0) is 15.6. The number of nitrogens with one attached hydrogen (secondary N) is 1. The Bertz CT molecular complexity index is 789. The molecule has 1 heterocycles. The lowest BCUT2D eigenvalue weighted by molar-refractivity contribution is -0.117. The van der Waals surface area contributed by atoms with E-state index in [9.17, 15) is 13.2 Å². The minimum atomic E-state index is -3.82. The first kappa shape index (κ1) is 15.7. The Morgan fingerprint density at radius 2 is 2.14 bits per heavy atom. The number of benzene rings is 1. The lowest BCUT2D eigenvalue weighted by atomic mass is 10.2. The van der Waals surface area contributed by atoms with E-state index in [0.717, 1.165) is 11.3 Å². The molecule has 2 aromatic rings. The summed E-state index contributed by atoms with van der Waals surface area (Å²) in [6, 6.07) is 4.59. The highest BCUT2D eigenvalue weighted by atomic mass is 35.5. The third kappa shape index (κ3) is 3.69. The topological polar surface area (TPSA) is 115 Å². The molecule has 2 rings (SSSR count). The van der Waals surface area contributed by atoms with E-state index in [1.165, 1.54) is 6.07 Å². The van der Waals surface area contributed by atoms with Gasteiger partial charge in [0.15, 0.2) is 0 Å². The van der Waals surface area contributed by atoms with Gasteiger partial charge >= 0.3 is 0 Å². The number of carbonyl (C=O) groups excluding carboxylic acids is 1. The lowest BCUT2D eigenvalue weighted by Crippen LogP contribution is -2.14. The average Bonchev–Trinajstić information content (AvgIpc) is 2.78. The van der Waals surface area contributed by atoms with E-state index in [0.29, 0.717) is 15.6 Å². The normalized spacial score (nSPS) is 11.3. The number of nitrogens with zero attached hydrogens (tertiary/aromatic N) is 2. The molecule has 0 aliphatic rings. The summed E-state index contributed by atoms with van der Waals surface area (Å²) >= 11 is 6.86. The molecule has 112 valence electrons. The van der Waals surface area contributed by atoms with E-state index in [1.54, 1.807) is 19.1 Å². The number of carbonyl (C=O) groups is 1. The van der Waals surface area contributed by atoms with Crippen LogP contribution in [0.2, 0.25) is 5.02 Å². The van der Waals surface area contributed by atoms with Crippen LogP contribution < -0.4 is 10.5 Å². The number of primary amides is 1. The predicted octanol–water partition coefficient (Wildman–Crippen LogP) is 1.33. The van der Waals surface area contributed by atoms with Crippen LogP contribution in [-0.2, 0) is 21.2 Å². The van der Waals surface area contributed by atoms with Crippen LogP contribution in [0.5, 0.6) is 0 Å². The third-order valence-corrected chi connectivity index (χ3v) is 5.38. The van der Waals surface area contributed by atoms with E-state index < -0.39 is 15.9 Å². The molecule has 0 spiro atoms. The van der Waals surface area contributed by atoms with Gasteiger partial charge in [-0.25, -0.2) is 8.42 Å². The number of anilines is 1. The van der Waals surface area contributed by atoms with E-state index in [-0.39, 0.29) is 16.4 Å². The third-order valence-electron chi connectivity index (χ3n) is 2.52. The maximum absolute atomic E-state index is 12.3. The number of sulfonamides is 1. The van der Waals surface area contributed by atoms with Gasteiger partial charge in [0.2, 0.25) is 11.0 Å². The fraction of sp³-hybridized carbons (Fsp3) is 0.182. The second-order valence-electron chi connectivity index (χ2n) is 4.11. The smallest absolute Gasteiger partial charge is 0.264 e. The van der Waals surface area contributed by atoms with E-state index >= 15 is 0 Å². The molecular formula is C11H11ClN4O3S2. The summed E-state index contributed by atoms with van der Waals surface area (Å²) in [7, 11) is -3.82. The van der Waals surface area contributed by atoms with Crippen LogP contribution in [0.1, 0.15) is 10.6 Å². The molecule has 0 saturated carbocycles. The maximum Gasteiger partial charge on any atom is 0.264 e. The number of amides is 1. The van der Waals surface area contributed by atoms with Crippen molar-refractivity contribution in [1.82, 2.24) is 10.2 Å². The van der Waals surface area contributed by atoms with Gasteiger partial charge in [-0.15, -0.1) is 10.2 Å². The highest BCUT2D eigenvalue weighted by molar-refractivity contribution is 7.93.